The maximum absolute atomic E-state index is 12.4. The Morgan fingerprint density at radius 1 is 1.31 bits per heavy atom. The van der Waals surface area contributed by atoms with Crippen LogP contribution in [0.3, 0.4) is 0 Å². The molecule has 3 atom stereocenters. The molecular weight excluding hydrogens is 369 g/mol. The van der Waals surface area contributed by atoms with Gasteiger partial charge in [-0.3, -0.25) is 4.79 Å². The lowest BCUT2D eigenvalue weighted by Crippen LogP contribution is -2.52. The van der Waals surface area contributed by atoms with E-state index >= 15 is 0 Å². The monoisotopic (exact) mass is 386 g/mol. The van der Waals surface area contributed by atoms with Crippen LogP contribution < -0.4 is 21.1 Å². The molecule has 10 heteroatoms. The second-order valence-electron chi connectivity index (χ2n) is 6.49. The highest BCUT2D eigenvalue weighted by Crippen LogP contribution is 2.37. The van der Waals surface area contributed by atoms with E-state index in [9.17, 15) is 18.0 Å². The smallest absolute Gasteiger partial charge is 0.471 e. The maximum atomic E-state index is 12.4. The molecule has 0 unspecified atom stereocenters. The van der Waals surface area contributed by atoms with Crippen LogP contribution in [-0.2, 0) is 11.2 Å². The van der Waals surface area contributed by atoms with Crippen LogP contribution in [-0.4, -0.2) is 41.8 Å². The summed E-state index contributed by atoms with van der Waals surface area (Å²) in [4.78, 5) is 15.7. The Balaban J connectivity index is 1.46. The van der Waals surface area contributed by atoms with Crippen molar-refractivity contribution < 1.29 is 22.7 Å². The summed E-state index contributed by atoms with van der Waals surface area (Å²) in [6.45, 7) is 0.642. The number of alkyl halides is 3. The first-order valence-corrected chi connectivity index (χ1v) is 9.09. The molecule has 1 fully saturated rings. The molecule has 0 radical (unpaired) electrons. The number of aromatic nitrogens is 1. The van der Waals surface area contributed by atoms with E-state index in [-0.39, 0.29) is 6.04 Å². The molecule has 6 nitrogen and oxygen atoms in total. The number of fused-ring (bicyclic) bond motifs is 3. The van der Waals surface area contributed by atoms with Crippen molar-refractivity contribution in [1.29, 1.82) is 0 Å². The molecule has 1 aliphatic carbocycles. The normalized spacial score (nSPS) is 25.2. The van der Waals surface area contributed by atoms with Crippen LogP contribution in [0.25, 0.3) is 10.2 Å². The lowest BCUT2D eigenvalue weighted by molar-refractivity contribution is -0.174. The van der Waals surface area contributed by atoms with Crippen LogP contribution >= 0.6 is 11.3 Å². The molecular formula is C16H17F3N4O2S. The minimum absolute atomic E-state index is 0.251. The lowest BCUT2D eigenvalue weighted by atomic mass is 10.1. The van der Waals surface area contributed by atoms with Crippen molar-refractivity contribution in [2.45, 2.75) is 43.6 Å². The number of nitrogens with one attached hydrogen (secondary N) is 2. The van der Waals surface area contributed by atoms with Gasteiger partial charge in [-0.25, -0.2) is 4.98 Å². The highest BCUT2D eigenvalue weighted by molar-refractivity contribution is 7.22. The summed E-state index contributed by atoms with van der Waals surface area (Å²) in [5, 5.41) is 5.87. The van der Waals surface area contributed by atoms with E-state index in [1.807, 2.05) is 17.4 Å². The molecule has 140 valence electrons. The molecule has 26 heavy (non-hydrogen) atoms. The minimum atomic E-state index is -4.90. The van der Waals surface area contributed by atoms with Gasteiger partial charge in [-0.2, -0.15) is 13.2 Å². The van der Waals surface area contributed by atoms with Crippen LogP contribution in [0.1, 0.15) is 18.4 Å². The number of nitrogens with zero attached hydrogens (tertiary/aromatic N) is 1. The zero-order valence-electron chi connectivity index (χ0n) is 13.6. The Morgan fingerprint density at radius 3 is 2.85 bits per heavy atom. The number of rotatable bonds is 3. The van der Waals surface area contributed by atoms with Crippen molar-refractivity contribution in [3.05, 3.63) is 17.7 Å². The van der Waals surface area contributed by atoms with E-state index in [2.05, 4.69) is 10.3 Å². The van der Waals surface area contributed by atoms with Gasteiger partial charge in [0.15, 0.2) is 5.13 Å². The van der Waals surface area contributed by atoms with E-state index in [0.717, 1.165) is 28.0 Å². The number of ether oxygens (including phenoxy) is 1. The van der Waals surface area contributed by atoms with Crippen molar-refractivity contribution in [3.8, 4) is 5.75 Å². The van der Waals surface area contributed by atoms with E-state index in [1.54, 1.807) is 0 Å². The first-order valence-electron chi connectivity index (χ1n) is 8.28. The molecule has 0 bridgehead atoms. The van der Waals surface area contributed by atoms with Crippen molar-refractivity contribution in [2.24, 2.45) is 5.73 Å². The maximum Gasteiger partial charge on any atom is 0.471 e. The highest BCUT2D eigenvalue weighted by atomic mass is 32.1. The number of amides is 1. The highest BCUT2D eigenvalue weighted by Gasteiger charge is 2.43. The van der Waals surface area contributed by atoms with Gasteiger partial charge in [0.1, 0.15) is 5.75 Å². The average Bonchev–Trinajstić information content (AvgIpc) is 3.27. The number of halogens is 3. The Bertz CT molecular complexity index is 854. The Morgan fingerprint density at radius 2 is 2.08 bits per heavy atom. The van der Waals surface area contributed by atoms with E-state index in [4.69, 9.17) is 10.5 Å². The summed E-state index contributed by atoms with van der Waals surface area (Å²) >= 11 is 1.47. The molecule has 2 aliphatic rings. The second kappa shape index (κ2) is 6.27. The van der Waals surface area contributed by atoms with E-state index < -0.39 is 24.2 Å². The van der Waals surface area contributed by atoms with Gasteiger partial charge in [-0.15, -0.1) is 0 Å². The van der Waals surface area contributed by atoms with Crippen LogP contribution in [0.4, 0.5) is 18.3 Å². The first-order chi connectivity index (χ1) is 12.3. The third-order valence-corrected chi connectivity index (χ3v) is 5.78. The predicted octanol–water partition coefficient (Wildman–Crippen LogP) is 2.18. The third-order valence-electron chi connectivity index (χ3n) is 4.83. The molecule has 1 aliphatic heterocycles. The van der Waals surface area contributed by atoms with Crippen molar-refractivity contribution >= 4 is 32.6 Å². The predicted molar refractivity (Wildman–Crippen MR) is 91.4 cm³/mol. The number of carbonyl (C=O) groups is 1. The van der Waals surface area contributed by atoms with Gasteiger partial charge in [0.25, 0.3) is 0 Å². The number of hydrogen-bond donors (Lipinski definition) is 3. The fourth-order valence-corrected chi connectivity index (χ4v) is 4.46. The van der Waals surface area contributed by atoms with Gasteiger partial charge < -0.3 is 21.1 Å². The molecule has 2 aromatic rings. The number of benzene rings is 1. The van der Waals surface area contributed by atoms with Gasteiger partial charge in [0.2, 0.25) is 0 Å². The average molecular weight is 386 g/mol. The van der Waals surface area contributed by atoms with Gasteiger partial charge in [0.05, 0.1) is 16.8 Å². The molecule has 0 spiro atoms. The zero-order chi connectivity index (χ0) is 18.5. The second-order valence-corrected chi connectivity index (χ2v) is 7.52. The number of hydrogen-bond acceptors (Lipinski definition) is 6. The van der Waals surface area contributed by atoms with Gasteiger partial charge >= 0.3 is 12.1 Å². The lowest BCUT2D eigenvalue weighted by Gasteiger charge is -2.22. The summed E-state index contributed by atoms with van der Waals surface area (Å²) in [6, 6.07) is 2.29. The summed E-state index contributed by atoms with van der Waals surface area (Å²) in [6.07, 6.45) is -3.15. The zero-order valence-corrected chi connectivity index (χ0v) is 14.4. The molecule has 1 amide bonds. The number of anilines is 1. The van der Waals surface area contributed by atoms with Gasteiger partial charge in [-0.1, -0.05) is 11.3 Å². The SMILES string of the molecule is N[C@H]1[C@H](NC(=O)C(F)(F)F)CC[C@H]1Nc1nc2c3c(ccc2s1)OCC3. The fraction of sp³-hybridized carbons (Fsp3) is 0.500. The Labute approximate surface area is 150 Å². The summed E-state index contributed by atoms with van der Waals surface area (Å²) < 4.78 is 43.8. The number of nitrogens with two attached hydrogens (primary N) is 1. The van der Waals surface area contributed by atoms with Crippen molar-refractivity contribution in [2.75, 3.05) is 11.9 Å². The van der Waals surface area contributed by atoms with E-state index in [0.29, 0.717) is 24.6 Å². The molecule has 4 N–H and O–H groups in total. The van der Waals surface area contributed by atoms with Crippen molar-refractivity contribution in [3.63, 3.8) is 0 Å². The third kappa shape index (κ3) is 3.07. The van der Waals surface area contributed by atoms with Crippen LogP contribution in [0.2, 0.25) is 0 Å². The van der Waals surface area contributed by atoms with Gasteiger partial charge in [0, 0.05) is 30.1 Å². The molecule has 0 saturated heterocycles. The molecule has 1 saturated carbocycles. The number of carbonyl (C=O) groups excluding carboxylic acids is 1. The standard InChI is InChI=1S/C16H17F3N4O2S/c17-16(18,19)14(24)21-8-1-2-9(12(8)20)22-15-23-13-7-5-6-25-10(7)3-4-11(13)26-15/h3-4,8-9,12H,1-2,5-6,20H2,(H,21,24)(H,22,23)/t8-,9-,12+/m1/s1. The minimum Gasteiger partial charge on any atom is -0.493 e. The summed E-state index contributed by atoms with van der Waals surface area (Å²) in [7, 11) is 0. The number of thiazole rings is 1. The molecule has 4 rings (SSSR count). The largest absolute Gasteiger partial charge is 0.493 e. The Hall–Kier alpha value is -2.07. The quantitative estimate of drug-likeness (QED) is 0.753. The molecule has 1 aromatic heterocycles. The molecule has 1 aromatic carbocycles. The Kier molecular flexibility index (Phi) is 4.19. The topological polar surface area (TPSA) is 89.3 Å². The molecule has 2 heterocycles. The van der Waals surface area contributed by atoms with Crippen LogP contribution in [0, 0.1) is 0 Å². The summed E-state index contributed by atoms with van der Waals surface area (Å²) in [5.74, 6) is -1.10. The first kappa shape index (κ1) is 17.3. The summed E-state index contributed by atoms with van der Waals surface area (Å²) in [5.41, 5.74) is 8.03. The van der Waals surface area contributed by atoms with Crippen LogP contribution in [0.15, 0.2) is 12.1 Å². The van der Waals surface area contributed by atoms with Crippen LogP contribution in [0.5, 0.6) is 5.75 Å². The van der Waals surface area contributed by atoms with E-state index in [1.165, 1.54) is 11.3 Å². The van der Waals surface area contributed by atoms with Crippen molar-refractivity contribution in [1.82, 2.24) is 10.3 Å². The van der Waals surface area contributed by atoms with Gasteiger partial charge in [-0.05, 0) is 25.0 Å². The fourth-order valence-electron chi connectivity index (χ4n) is 3.50.